The van der Waals surface area contributed by atoms with Crippen LogP contribution in [0.25, 0.3) is 0 Å². The normalized spacial score (nSPS) is 10.3. The lowest BCUT2D eigenvalue weighted by Crippen LogP contribution is -2.16. The van der Waals surface area contributed by atoms with Crippen molar-refractivity contribution in [3.8, 4) is 0 Å². The van der Waals surface area contributed by atoms with Crippen LogP contribution in [-0.2, 0) is 7.05 Å². The third-order valence-electron chi connectivity index (χ3n) is 2.72. The first-order valence-corrected chi connectivity index (χ1v) is 6.50. The van der Waals surface area contributed by atoms with Crippen LogP contribution in [0, 0.1) is 6.92 Å². The van der Waals surface area contributed by atoms with Crippen molar-refractivity contribution in [3.05, 3.63) is 29.3 Å². The fourth-order valence-electron chi connectivity index (χ4n) is 1.77. The zero-order valence-corrected chi connectivity index (χ0v) is 11.8. The Morgan fingerprint density at radius 3 is 2.85 bits per heavy atom. The van der Waals surface area contributed by atoms with Crippen LogP contribution in [0.3, 0.4) is 0 Å². The second kappa shape index (κ2) is 6.14. The number of hydrogen-bond donors (Lipinski definition) is 2. The first kappa shape index (κ1) is 14.0. The molecule has 0 aliphatic rings. The summed E-state index contributed by atoms with van der Waals surface area (Å²) in [5.74, 6) is -0.0591. The molecule has 1 aromatic heterocycles. The van der Waals surface area contributed by atoms with Crippen molar-refractivity contribution >= 4 is 17.5 Å². The van der Waals surface area contributed by atoms with Gasteiger partial charge in [-0.05, 0) is 36.3 Å². The number of anilines is 2. The van der Waals surface area contributed by atoms with E-state index in [2.05, 4.69) is 33.0 Å². The van der Waals surface area contributed by atoms with Crippen LogP contribution in [0.5, 0.6) is 0 Å². The van der Waals surface area contributed by atoms with Crippen LogP contribution in [-0.4, -0.2) is 32.7 Å². The Morgan fingerprint density at radius 2 is 2.20 bits per heavy atom. The summed E-state index contributed by atoms with van der Waals surface area (Å²) in [6.45, 7) is 4.88. The number of amides is 1. The van der Waals surface area contributed by atoms with E-state index in [1.807, 2.05) is 19.1 Å². The van der Waals surface area contributed by atoms with E-state index in [0.29, 0.717) is 5.56 Å². The second-order valence-corrected chi connectivity index (χ2v) is 4.53. The number of nitrogens with one attached hydrogen (secondary N) is 2. The van der Waals surface area contributed by atoms with Crippen LogP contribution in [0.1, 0.15) is 29.3 Å². The van der Waals surface area contributed by atoms with Gasteiger partial charge in [0, 0.05) is 12.2 Å². The first-order valence-electron chi connectivity index (χ1n) is 6.50. The maximum atomic E-state index is 12.3. The third-order valence-corrected chi connectivity index (χ3v) is 2.72. The third kappa shape index (κ3) is 3.31. The molecule has 7 heteroatoms. The molecule has 0 saturated heterocycles. The molecular weight excluding hydrogens is 256 g/mol. The van der Waals surface area contributed by atoms with Gasteiger partial charge in [0.2, 0.25) is 0 Å². The van der Waals surface area contributed by atoms with E-state index in [4.69, 9.17) is 0 Å². The average Bonchev–Trinajstić information content (AvgIpc) is 2.81. The molecule has 0 spiro atoms. The number of tetrazole rings is 1. The van der Waals surface area contributed by atoms with Gasteiger partial charge in [-0.15, -0.1) is 5.10 Å². The van der Waals surface area contributed by atoms with Gasteiger partial charge in [-0.25, -0.2) is 0 Å². The quantitative estimate of drug-likeness (QED) is 0.865. The highest BCUT2D eigenvalue weighted by atomic mass is 16.1. The number of benzene rings is 1. The molecule has 0 aliphatic carbocycles. The van der Waals surface area contributed by atoms with Gasteiger partial charge in [-0.2, -0.15) is 4.80 Å². The summed E-state index contributed by atoms with van der Waals surface area (Å²) in [5.41, 5.74) is 2.47. The van der Waals surface area contributed by atoms with Gasteiger partial charge in [0.1, 0.15) is 0 Å². The minimum absolute atomic E-state index is 0.194. The molecule has 20 heavy (non-hydrogen) atoms. The van der Waals surface area contributed by atoms with E-state index < -0.39 is 0 Å². The molecule has 1 aromatic carbocycles. The highest BCUT2D eigenvalue weighted by molar-refractivity contribution is 6.07. The van der Waals surface area contributed by atoms with Gasteiger partial charge < -0.3 is 5.32 Å². The van der Waals surface area contributed by atoms with Crippen molar-refractivity contribution in [2.45, 2.75) is 20.3 Å². The van der Waals surface area contributed by atoms with Crippen molar-refractivity contribution in [2.24, 2.45) is 7.05 Å². The molecule has 0 fully saturated rings. The van der Waals surface area contributed by atoms with E-state index in [0.717, 1.165) is 24.2 Å². The van der Waals surface area contributed by atoms with Crippen LogP contribution in [0.4, 0.5) is 11.6 Å². The number of aryl methyl sites for hydroxylation is 2. The molecule has 0 atom stereocenters. The molecule has 2 N–H and O–H groups in total. The van der Waals surface area contributed by atoms with Crippen molar-refractivity contribution in [2.75, 3.05) is 17.2 Å². The van der Waals surface area contributed by atoms with Gasteiger partial charge in [-0.1, -0.05) is 18.1 Å². The highest BCUT2D eigenvalue weighted by Gasteiger charge is 2.13. The Labute approximate surface area is 117 Å². The van der Waals surface area contributed by atoms with Crippen molar-refractivity contribution in [1.29, 1.82) is 0 Å². The molecule has 0 bridgehead atoms. The summed E-state index contributed by atoms with van der Waals surface area (Å²) in [5, 5.41) is 17.2. The van der Waals surface area contributed by atoms with Gasteiger partial charge in [0.15, 0.2) is 0 Å². The summed E-state index contributed by atoms with van der Waals surface area (Å²) >= 11 is 0. The number of carbonyl (C=O) groups is 1. The van der Waals surface area contributed by atoms with E-state index in [1.54, 1.807) is 13.1 Å². The molecule has 106 valence electrons. The van der Waals surface area contributed by atoms with Crippen LogP contribution >= 0.6 is 0 Å². The second-order valence-electron chi connectivity index (χ2n) is 4.53. The molecule has 7 nitrogen and oxygen atoms in total. The van der Waals surface area contributed by atoms with E-state index in [1.165, 1.54) is 4.80 Å². The molecule has 2 aromatic rings. The average molecular weight is 274 g/mol. The summed E-state index contributed by atoms with van der Waals surface area (Å²) in [6.07, 6.45) is 0.987. The van der Waals surface area contributed by atoms with Crippen LogP contribution in [0.15, 0.2) is 18.2 Å². The Bertz CT molecular complexity index is 607. The lowest BCUT2D eigenvalue weighted by molar-refractivity contribution is 0.102. The zero-order valence-electron chi connectivity index (χ0n) is 11.8. The van der Waals surface area contributed by atoms with Gasteiger partial charge in [0.05, 0.1) is 12.6 Å². The molecule has 1 heterocycles. The van der Waals surface area contributed by atoms with Crippen molar-refractivity contribution < 1.29 is 4.79 Å². The van der Waals surface area contributed by atoms with Gasteiger partial charge in [0.25, 0.3) is 11.9 Å². The molecular formula is C13H18N6O. The SMILES string of the molecule is CCCNc1cc(C)ccc1C(=O)Nc1nnn(C)n1. The first-order chi connectivity index (χ1) is 9.60. The number of carbonyl (C=O) groups excluding carboxylic acids is 1. The molecule has 2 rings (SSSR count). The van der Waals surface area contributed by atoms with E-state index in [-0.39, 0.29) is 11.9 Å². The Kier molecular flexibility index (Phi) is 4.29. The largest absolute Gasteiger partial charge is 0.384 e. The lowest BCUT2D eigenvalue weighted by Gasteiger charge is -2.11. The predicted molar refractivity (Wildman–Crippen MR) is 76.7 cm³/mol. The van der Waals surface area contributed by atoms with Crippen LogP contribution in [0.2, 0.25) is 0 Å². The Hall–Kier alpha value is -2.44. The van der Waals surface area contributed by atoms with E-state index >= 15 is 0 Å². The summed E-state index contributed by atoms with van der Waals surface area (Å²) in [4.78, 5) is 13.5. The fraction of sp³-hybridized carbons (Fsp3) is 0.385. The summed E-state index contributed by atoms with van der Waals surface area (Å²) in [6, 6.07) is 5.64. The minimum atomic E-state index is -0.253. The highest BCUT2D eigenvalue weighted by Crippen LogP contribution is 2.18. The number of nitrogens with zero attached hydrogens (tertiary/aromatic N) is 4. The molecule has 0 radical (unpaired) electrons. The zero-order chi connectivity index (χ0) is 14.5. The maximum Gasteiger partial charge on any atom is 0.270 e. The summed E-state index contributed by atoms with van der Waals surface area (Å²) in [7, 11) is 1.64. The smallest absolute Gasteiger partial charge is 0.270 e. The van der Waals surface area contributed by atoms with Gasteiger partial charge >= 0.3 is 0 Å². The number of hydrogen-bond acceptors (Lipinski definition) is 5. The van der Waals surface area contributed by atoms with Crippen molar-refractivity contribution in [3.63, 3.8) is 0 Å². The maximum absolute atomic E-state index is 12.3. The molecule has 1 amide bonds. The molecule has 0 aliphatic heterocycles. The molecule has 0 saturated carbocycles. The fourth-order valence-corrected chi connectivity index (χ4v) is 1.77. The standard InChI is InChI=1S/C13H18N6O/c1-4-7-14-11-8-9(2)5-6-10(11)12(20)15-13-16-18-19(3)17-13/h5-6,8,14H,4,7H2,1-3H3,(H,15,17,20). The minimum Gasteiger partial charge on any atom is -0.384 e. The number of rotatable bonds is 5. The van der Waals surface area contributed by atoms with Crippen LogP contribution < -0.4 is 10.6 Å². The predicted octanol–water partition coefficient (Wildman–Crippen LogP) is 1.59. The lowest BCUT2D eigenvalue weighted by atomic mass is 10.1. The monoisotopic (exact) mass is 274 g/mol. The van der Waals surface area contributed by atoms with Gasteiger partial charge in [-0.3, -0.25) is 10.1 Å². The molecule has 0 unspecified atom stereocenters. The summed E-state index contributed by atoms with van der Waals surface area (Å²) < 4.78 is 0. The van der Waals surface area contributed by atoms with E-state index in [9.17, 15) is 4.79 Å². The van der Waals surface area contributed by atoms with Crippen molar-refractivity contribution in [1.82, 2.24) is 20.2 Å². The topological polar surface area (TPSA) is 84.7 Å². The Balaban J connectivity index is 2.19. The Morgan fingerprint density at radius 1 is 1.40 bits per heavy atom. The number of aromatic nitrogens is 4.